The smallest absolute Gasteiger partial charge is 0.321 e. The van der Waals surface area contributed by atoms with Crippen molar-refractivity contribution in [1.29, 1.82) is 0 Å². The van der Waals surface area contributed by atoms with Crippen molar-refractivity contribution in [3.05, 3.63) is 29.7 Å². The van der Waals surface area contributed by atoms with E-state index in [9.17, 15) is 13.2 Å². The predicted molar refractivity (Wildman–Crippen MR) is 71.5 cm³/mol. The third-order valence-corrected chi connectivity index (χ3v) is 4.21. The Morgan fingerprint density at radius 2 is 1.86 bits per heavy atom. The number of alkyl halides is 3. The lowest BCUT2D eigenvalue weighted by Gasteiger charge is -2.26. The molecule has 0 aliphatic heterocycles. The van der Waals surface area contributed by atoms with Gasteiger partial charge in [0.1, 0.15) is 0 Å². The van der Waals surface area contributed by atoms with Gasteiger partial charge in [0.25, 0.3) is 0 Å². The summed E-state index contributed by atoms with van der Waals surface area (Å²) in [6.07, 6.45) is 2.07. The van der Waals surface area contributed by atoms with E-state index >= 15 is 0 Å². The molecular weight excluding hydrogens is 281 g/mol. The van der Waals surface area contributed by atoms with Gasteiger partial charge in [0.05, 0.1) is 11.6 Å². The highest BCUT2D eigenvalue weighted by Crippen LogP contribution is 2.33. The van der Waals surface area contributed by atoms with Crippen LogP contribution in [0.25, 0.3) is 5.65 Å². The fourth-order valence-corrected chi connectivity index (χ4v) is 3.01. The summed E-state index contributed by atoms with van der Waals surface area (Å²) in [5.41, 5.74) is 5.91. The second-order valence-corrected chi connectivity index (χ2v) is 5.63. The number of pyridine rings is 1. The molecule has 1 unspecified atom stereocenters. The Labute approximate surface area is 120 Å². The summed E-state index contributed by atoms with van der Waals surface area (Å²) < 4.78 is 39.8. The molecule has 2 aromatic heterocycles. The molecule has 3 rings (SSSR count). The largest absolute Gasteiger partial charge is 0.417 e. The predicted octanol–water partition coefficient (Wildman–Crippen LogP) is 3.33. The number of hydrogen-bond donors (Lipinski definition) is 1. The highest BCUT2D eigenvalue weighted by molar-refractivity contribution is 5.40. The van der Waals surface area contributed by atoms with E-state index in [1.54, 1.807) is 0 Å². The van der Waals surface area contributed by atoms with Crippen LogP contribution < -0.4 is 5.73 Å². The molecule has 1 aliphatic carbocycles. The molecule has 1 fully saturated rings. The summed E-state index contributed by atoms with van der Waals surface area (Å²) in [4.78, 5) is 0. The average molecular weight is 298 g/mol. The molecule has 2 N–H and O–H groups in total. The topological polar surface area (TPSA) is 56.2 Å². The number of nitrogens with two attached hydrogens (primary N) is 1. The molecular formula is C14H17F3N4. The van der Waals surface area contributed by atoms with E-state index in [1.165, 1.54) is 16.9 Å². The third kappa shape index (κ3) is 2.74. The van der Waals surface area contributed by atoms with E-state index in [-0.39, 0.29) is 12.0 Å². The Morgan fingerprint density at radius 3 is 2.52 bits per heavy atom. The molecule has 21 heavy (non-hydrogen) atoms. The zero-order valence-corrected chi connectivity index (χ0v) is 11.5. The summed E-state index contributed by atoms with van der Waals surface area (Å²) in [6.45, 7) is 0. The van der Waals surface area contributed by atoms with Gasteiger partial charge in [-0.2, -0.15) is 13.2 Å². The lowest BCUT2D eigenvalue weighted by Crippen LogP contribution is -2.25. The lowest BCUT2D eigenvalue weighted by molar-refractivity contribution is -0.137. The Balaban J connectivity index is 1.98. The van der Waals surface area contributed by atoms with E-state index in [0.717, 1.165) is 37.9 Å². The molecule has 1 aliphatic rings. The van der Waals surface area contributed by atoms with Gasteiger partial charge in [-0.1, -0.05) is 19.3 Å². The van der Waals surface area contributed by atoms with Crippen LogP contribution in [-0.2, 0) is 6.18 Å². The van der Waals surface area contributed by atoms with Crippen molar-refractivity contribution in [2.45, 2.75) is 44.3 Å². The lowest BCUT2D eigenvalue weighted by atomic mass is 9.84. The Bertz CT molecular complexity index is 629. The summed E-state index contributed by atoms with van der Waals surface area (Å²) >= 11 is 0. The molecule has 0 radical (unpaired) electrons. The first kappa shape index (κ1) is 14.3. The average Bonchev–Trinajstić information content (AvgIpc) is 2.89. The molecule has 7 heteroatoms. The van der Waals surface area contributed by atoms with E-state index in [0.29, 0.717) is 11.5 Å². The third-order valence-electron chi connectivity index (χ3n) is 4.21. The number of hydrogen-bond acceptors (Lipinski definition) is 3. The second-order valence-electron chi connectivity index (χ2n) is 5.63. The molecule has 2 heterocycles. The first-order chi connectivity index (χ1) is 9.97. The molecule has 1 saturated carbocycles. The van der Waals surface area contributed by atoms with E-state index in [4.69, 9.17) is 5.73 Å². The van der Waals surface area contributed by atoms with Crippen LogP contribution in [0.15, 0.2) is 18.3 Å². The molecule has 0 amide bonds. The molecule has 0 aromatic carbocycles. The fourth-order valence-electron chi connectivity index (χ4n) is 3.01. The Hall–Kier alpha value is -1.63. The summed E-state index contributed by atoms with van der Waals surface area (Å²) in [5, 5.41) is 7.94. The van der Waals surface area contributed by atoms with Crippen molar-refractivity contribution in [3.8, 4) is 0 Å². The van der Waals surface area contributed by atoms with E-state index in [2.05, 4.69) is 10.2 Å². The van der Waals surface area contributed by atoms with Crippen LogP contribution in [0, 0.1) is 5.92 Å². The fraction of sp³-hybridized carbons (Fsp3) is 0.571. The molecule has 114 valence electrons. The number of halogens is 3. The molecule has 0 spiro atoms. The minimum atomic E-state index is -4.38. The van der Waals surface area contributed by atoms with Gasteiger partial charge < -0.3 is 5.73 Å². The Morgan fingerprint density at radius 1 is 1.14 bits per heavy atom. The first-order valence-corrected chi connectivity index (χ1v) is 7.14. The van der Waals surface area contributed by atoms with Crippen molar-refractivity contribution in [2.24, 2.45) is 11.7 Å². The zero-order chi connectivity index (χ0) is 15.0. The van der Waals surface area contributed by atoms with Crippen LogP contribution in [-0.4, -0.2) is 14.6 Å². The zero-order valence-electron chi connectivity index (χ0n) is 11.5. The summed E-state index contributed by atoms with van der Waals surface area (Å²) in [7, 11) is 0. The van der Waals surface area contributed by atoms with Gasteiger partial charge in [-0.15, -0.1) is 10.2 Å². The van der Waals surface area contributed by atoms with Gasteiger partial charge in [-0.3, -0.25) is 4.40 Å². The number of fused-ring (bicyclic) bond motifs is 1. The minimum Gasteiger partial charge on any atom is -0.321 e. The molecule has 2 aromatic rings. The van der Waals surface area contributed by atoms with Crippen molar-refractivity contribution in [3.63, 3.8) is 0 Å². The number of rotatable bonds is 2. The molecule has 0 bridgehead atoms. The van der Waals surface area contributed by atoms with Gasteiger partial charge in [0.2, 0.25) is 0 Å². The van der Waals surface area contributed by atoms with E-state index in [1.807, 2.05) is 0 Å². The maximum atomic E-state index is 12.8. The SMILES string of the molecule is NC(c1nnc2ccc(C(F)(F)F)cn12)C1CCCCC1. The first-order valence-electron chi connectivity index (χ1n) is 7.14. The molecule has 4 nitrogen and oxygen atoms in total. The van der Waals surface area contributed by atoms with Crippen LogP contribution in [0.5, 0.6) is 0 Å². The van der Waals surface area contributed by atoms with Gasteiger partial charge in [0, 0.05) is 6.20 Å². The summed E-state index contributed by atoms with van der Waals surface area (Å²) in [6, 6.07) is 1.97. The second kappa shape index (κ2) is 5.29. The van der Waals surface area contributed by atoms with Crippen LogP contribution in [0.1, 0.15) is 49.5 Å². The molecule has 1 atom stereocenters. The standard InChI is InChI=1S/C14H17F3N4/c15-14(16,17)10-6-7-11-19-20-13(21(11)8-10)12(18)9-4-2-1-3-5-9/h6-9,12H,1-5,18H2. The van der Waals surface area contributed by atoms with Crippen molar-refractivity contribution >= 4 is 5.65 Å². The van der Waals surface area contributed by atoms with Gasteiger partial charge in [-0.25, -0.2) is 0 Å². The highest BCUT2D eigenvalue weighted by Gasteiger charge is 2.32. The summed E-state index contributed by atoms with van der Waals surface area (Å²) in [5.74, 6) is 0.684. The number of nitrogens with zero attached hydrogens (tertiary/aromatic N) is 3. The van der Waals surface area contributed by atoms with Crippen LogP contribution in [0.4, 0.5) is 13.2 Å². The van der Waals surface area contributed by atoms with Crippen molar-refractivity contribution < 1.29 is 13.2 Å². The molecule has 0 saturated heterocycles. The van der Waals surface area contributed by atoms with Crippen molar-refractivity contribution in [1.82, 2.24) is 14.6 Å². The normalized spacial score (nSPS) is 19.0. The quantitative estimate of drug-likeness (QED) is 0.925. The van der Waals surface area contributed by atoms with Gasteiger partial charge in [-0.05, 0) is 30.9 Å². The maximum absolute atomic E-state index is 12.8. The van der Waals surface area contributed by atoms with Crippen molar-refractivity contribution in [2.75, 3.05) is 0 Å². The Kier molecular flexibility index (Phi) is 3.61. The van der Waals surface area contributed by atoms with E-state index < -0.39 is 11.7 Å². The number of aromatic nitrogens is 3. The van der Waals surface area contributed by atoms with Gasteiger partial charge >= 0.3 is 6.18 Å². The minimum absolute atomic E-state index is 0.265. The van der Waals surface area contributed by atoms with Crippen LogP contribution in [0.3, 0.4) is 0 Å². The van der Waals surface area contributed by atoms with Crippen LogP contribution in [0.2, 0.25) is 0 Å². The maximum Gasteiger partial charge on any atom is 0.417 e. The van der Waals surface area contributed by atoms with Gasteiger partial charge in [0.15, 0.2) is 11.5 Å². The highest BCUT2D eigenvalue weighted by atomic mass is 19.4. The monoisotopic (exact) mass is 298 g/mol. The van der Waals surface area contributed by atoms with Crippen LogP contribution >= 0.6 is 0 Å².